The van der Waals surface area contributed by atoms with Gasteiger partial charge in [0.1, 0.15) is 0 Å². The Morgan fingerprint density at radius 2 is 1.49 bits per heavy atom. The molecule has 37 heavy (non-hydrogen) atoms. The van der Waals surface area contributed by atoms with Crippen molar-refractivity contribution in [3.8, 4) is 0 Å². The van der Waals surface area contributed by atoms with Crippen molar-refractivity contribution in [2.75, 3.05) is 11.4 Å². The number of hydrogen-bond donors (Lipinski definition) is 0. The van der Waals surface area contributed by atoms with Crippen molar-refractivity contribution < 1.29 is 27.6 Å². The minimum atomic E-state index is -4.62. The van der Waals surface area contributed by atoms with Gasteiger partial charge in [0.05, 0.1) is 11.3 Å². The predicted molar refractivity (Wildman–Crippen MR) is 131 cm³/mol. The van der Waals surface area contributed by atoms with Crippen LogP contribution < -0.4 is 4.90 Å². The topological polar surface area (TPSA) is 57.7 Å². The highest BCUT2D eigenvalue weighted by Crippen LogP contribution is 2.37. The van der Waals surface area contributed by atoms with Gasteiger partial charge >= 0.3 is 6.18 Å². The van der Waals surface area contributed by atoms with Crippen molar-refractivity contribution in [1.82, 2.24) is 4.90 Å². The molecule has 0 fully saturated rings. The fourth-order valence-electron chi connectivity index (χ4n) is 5.18. The van der Waals surface area contributed by atoms with Gasteiger partial charge in [0.25, 0.3) is 17.7 Å². The molecule has 5 nitrogen and oxygen atoms in total. The van der Waals surface area contributed by atoms with Gasteiger partial charge in [0.2, 0.25) is 0 Å². The number of anilines is 1. The fraction of sp³-hybridized carbons (Fsp3) is 0.138. The molecule has 3 amide bonds. The Morgan fingerprint density at radius 3 is 2.24 bits per heavy atom. The molecule has 2 heterocycles. The zero-order chi connectivity index (χ0) is 25.9. The van der Waals surface area contributed by atoms with Gasteiger partial charge in [-0.15, -0.1) is 0 Å². The smallest absolute Gasteiger partial charge is 0.334 e. The Hall–Kier alpha value is -4.46. The van der Waals surface area contributed by atoms with Crippen LogP contribution in [-0.2, 0) is 19.1 Å². The monoisotopic (exact) mass is 500 g/mol. The Kier molecular flexibility index (Phi) is 5.15. The Morgan fingerprint density at radius 1 is 0.784 bits per heavy atom. The van der Waals surface area contributed by atoms with E-state index in [2.05, 4.69) is 0 Å². The van der Waals surface area contributed by atoms with E-state index in [0.717, 1.165) is 35.1 Å². The summed E-state index contributed by atoms with van der Waals surface area (Å²) in [7, 11) is 0. The summed E-state index contributed by atoms with van der Waals surface area (Å²) in [4.78, 5) is 42.9. The average molecular weight is 500 g/mol. The van der Waals surface area contributed by atoms with E-state index < -0.39 is 23.6 Å². The number of rotatable bonds is 2. The third kappa shape index (κ3) is 3.67. The highest BCUT2D eigenvalue weighted by molar-refractivity contribution is 6.36. The lowest BCUT2D eigenvalue weighted by Crippen LogP contribution is -2.41. The number of fused-ring (bicyclic) bond motifs is 1. The summed E-state index contributed by atoms with van der Waals surface area (Å²) < 4.78 is 39.9. The van der Waals surface area contributed by atoms with Crippen LogP contribution in [0.4, 0.5) is 18.9 Å². The maximum atomic E-state index is 13.6. The molecule has 0 radical (unpaired) electrons. The van der Waals surface area contributed by atoms with E-state index in [1.807, 2.05) is 24.3 Å². The fourth-order valence-corrected chi connectivity index (χ4v) is 5.18. The van der Waals surface area contributed by atoms with Gasteiger partial charge in [0, 0.05) is 35.2 Å². The van der Waals surface area contributed by atoms with Gasteiger partial charge in [-0.05, 0) is 59.3 Å². The molecule has 6 rings (SSSR count). The van der Waals surface area contributed by atoms with Crippen molar-refractivity contribution in [3.05, 3.63) is 112 Å². The van der Waals surface area contributed by atoms with Crippen LogP contribution in [0.1, 0.15) is 47.8 Å². The normalized spacial score (nSPS) is 15.2. The number of hydrogen-bond acceptors (Lipinski definition) is 3. The molecule has 184 valence electrons. The van der Waals surface area contributed by atoms with E-state index in [1.54, 1.807) is 23.1 Å². The van der Waals surface area contributed by atoms with Gasteiger partial charge in [0.15, 0.2) is 0 Å². The van der Waals surface area contributed by atoms with Crippen molar-refractivity contribution in [3.63, 3.8) is 0 Å². The van der Waals surface area contributed by atoms with E-state index >= 15 is 0 Å². The molecule has 4 aromatic rings. The number of amides is 3. The van der Waals surface area contributed by atoms with E-state index in [9.17, 15) is 27.6 Å². The number of alkyl halides is 3. The summed E-state index contributed by atoms with van der Waals surface area (Å²) in [6, 6.07) is 19.9. The second kappa shape index (κ2) is 8.30. The van der Waals surface area contributed by atoms with Gasteiger partial charge < -0.3 is 4.90 Å². The Bertz CT molecular complexity index is 1600. The summed E-state index contributed by atoms with van der Waals surface area (Å²) in [6.07, 6.45) is -3.90. The molecule has 0 N–H and O–H groups in total. The standard InChI is InChI=1S/C29H19F3N2O3/c30-29(31,32)19-7-3-8-20(15-19)34-27(36)23-10-4-9-21-22(11-12-24(25(21)23)28(34)37)26(35)33-14-13-17-5-1-2-6-18(17)16-33/h1-12,15H,13-14,16H2. The molecule has 2 aliphatic heterocycles. The van der Waals surface area contributed by atoms with E-state index in [4.69, 9.17) is 0 Å². The van der Waals surface area contributed by atoms with E-state index in [0.29, 0.717) is 29.4 Å². The number of carbonyl (C=O) groups excluding carboxylic acids is 3. The number of halogens is 3. The van der Waals surface area contributed by atoms with Crippen LogP contribution in [0, 0.1) is 0 Å². The quantitative estimate of drug-likeness (QED) is 0.324. The van der Waals surface area contributed by atoms with Crippen LogP contribution in [0.15, 0.2) is 78.9 Å². The maximum absolute atomic E-state index is 13.6. The molecule has 0 saturated heterocycles. The van der Waals surface area contributed by atoms with Crippen molar-refractivity contribution >= 4 is 34.2 Å². The highest BCUT2D eigenvalue weighted by Gasteiger charge is 2.37. The number of benzene rings is 4. The lowest BCUT2D eigenvalue weighted by molar-refractivity contribution is -0.137. The zero-order valence-electron chi connectivity index (χ0n) is 19.4. The lowest BCUT2D eigenvalue weighted by atomic mass is 9.90. The molecular weight excluding hydrogens is 481 g/mol. The SMILES string of the molecule is O=C(c1ccc2c3c(cccc13)C(=O)N(c1cccc(C(F)(F)F)c1)C2=O)N1CCc2ccccc2C1. The molecule has 0 aromatic heterocycles. The first kappa shape index (κ1) is 23.0. The van der Waals surface area contributed by atoms with E-state index in [-0.39, 0.29) is 22.7 Å². The first-order chi connectivity index (χ1) is 17.7. The predicted octanol–water partition coefficient (Wildman–Crippen LogP) is 5.86. The van der Waals surface area contributed by atoms with Crippen LogP contribution >= 0.6 is 0 Å². The molecule has 2 aliphatic rings. The van der Waals surface area contributed by atoms with Crippen LogP contribution in [0.5, 0.6) is 0 Å². The summed E-state index contributed by atoms with van der Waals surface area (Å²) in [5, 5.41) is 0.799. The molecule has 8 heteroatoms. The largest absolute Gasteiger partial charge is 0.416 e. The second-order valence-corrected chi connectivity index (χ2v) is 9.13. The third-order valence-electron chi connectivity index (χ3n) is 6.99. The molecule has 0 atom stereocenters. The van der Waals surface area contributed by atoms with Crippen LogP contribution in [0.2, 0.25) is 0 Å². The first-order valence-electron chi connectivity index (χ1n) is 11.7. The van der Waals surface area contributed by atoms with Gasteiger partial charge in [-0.3, -0.25) is 14.4 Å². The lowest BCUT2D eigenvalue weighted by Gasteiger charge is -2.31. The molecule has 0 aliphatic carbocycles. The van der Waals surface area contributed by atoms with Gasteiger partial charge in [-0.25, -0.2) is 4.90 Å². The third-order valence-corrected chi connectivity index (χ3v) is 6.99. The number of nitrogens with zero attached hydrogens (tertiary/aromatic N) is 2. The first-order valence-corrected chi connectivity index (χ1v) is 11.7. The summed E-state index contributed by atoms with van der Waals surface area (Å²) >= 11 is 0. The number of carbonyl (C=O) groups is 3. The Balaban J connectivity index is 1.41. The summed E-state index contributed by atoms with van der Waals surface area (Å²) in [6.45, 7) is 0.999. The second-order valence-electron chi connectivity index (χ2n) is 9.13. The molecule has 0 spiro atoms. The van der Waals surface area contributed by atoms with Crippen LogP contribution in [-0.4, -0.2) is 29.2 Å². The minimum Gasteiger partial charge on any atom is -0.334 e. The molecule has 0 unspecified atom stereocenters. The van der Waals surface area contributed by atoms with Crippen LogP contribution in [0.3, 0.4) is 0 Å². The molecule has 4 aromatic carbocycles. The van der Waals surface area contributed by atoms with Crippen molar-refractivity contribution in [1.29, 1.82) is 0 Å². The molecular formula is C29H19F3N2O3. The van der Waals surface area contributed by atoms with Crippen LogP contribution in [0.25, 0.3) is 10.8 Å². The van der Waals surface area contributed by atoms with E-state index in [1.165, 1.54) is 23.8 Å². The number of imide groups is 1. The molecule has 0 bridgehead atoms. The summed E-state index contributed by atoms with van der Waals surface area (Å²) in [5.74, 6) is -1.68. The van der Waals surface area contributed by atoms with Crippen molar-refractivity contribution in [2.24, 2.45) is 0 Å². The average Bonchev–Trinajstić information content (AvgIpc) is 2.90. The summed E-state index contributed by atoms with van der Waals surface area (Å²) in [5.41, 5.74) is 1.83. The minimum absolute atomic E-state index is 0.156. The maximum Gasteiger partial charge on any atom is 0.416 e. The van der Waals surface area contributed by atoms with Gasteiger partial charge in [-0.2, -0.15) is 13.2 Å². The highest BCUT2D eigenvalue weighted by atomic mass is 19.4. The van der Waals surface area contributed by atoms with Gasteiger partial charge in [-0.1, -0.05) is 42.5 Å². The molecule has 0 saturated carbocycles. The van der Waals surface area contributed by atoms with Crippen molar-refractivity contribution in [2.45, 2.75) is 19.1 Å². The zero-order valence-corrected chi connectivity index (χ0v) is 19.4. The Labute approximate surface area is 209 Å².